The number of amides is 1. The van der Waals surface area contributed by atoms with Gasteiger partial charge in [-0.05, 0) is 11.6 Å². The highest BCUT2D eigenvalue weighted by Gasteiger charge is 2.30. The van der Waals surface area contributed by atoms with Crippen LogP contribution in [0.1, 0.15) is 15.9 Å². The summed E-state index contributed by atoms with van der Waals surface area (Å²) in [6.45, 7) is 2.19. The fraction of sp³-hybridized carbons (Fsp3) is 0.278. The Morgan fingerprint density at radius 3 is 2.75 bits per heavy atom. The number of pyridine rings is 1. The average Bonchev–Trinajstić information content (AvgIpc) is 2.62. The Labute approximate surface area is 139 Å². The van der Waals surface area contributed by atoms with Crippen LogP contribution >= 0.6 is 0 Å². The number of hydrogen-bond donors (Lipinski definition) is 1. The van der Waals surface area contributed by atoms with E-state index in [2.05, 4.69) is 16.0 Å². The van der Waals surface area contributed by atoms with Gasteiger partial charge >= 0.3 is 0 Å². The minimum absolute atomic E-state index is 0.208. The fourth-order valence-corrected chi connectivity index (χ4v) is 2.89. The Bertz CT molecular complexity index is 810. The Morgan fingerprint density at radius 2 is 2.04 bits per heavy atom. The van der Waals surface area contributed by atoms with Crippen molar-refractivity contribution in [3.8, 4) is 6.07 Å². The zero-order valence-corrected chi connectivity index (χ0v) is 13.2. The van der Waals surface area contributed by atoms with E-state index in [0.29, 0.717) is 31.7 Å². The minimum atomic E-state index is -0.357. The summed E-state index contributed by atoms with van der Waals surface area (Å²) in [7, 11) is 0. The molecule has 0 unspecified atom stereocenters. The molecule has 122 valence electrons. The number of aromatic amines is 1. The van der Waals surface area contributed by atoms with Crippen LogP contribution in [-0.2, 0) is 6.54 Å². The molecule has 1 atom stereocenters. The van der Waals surface area contributed by atoms with Crippen molar-refractivity contribution in [2.75, 3.05) is 19.6 Å². The molecule has 6 heteroatoms. The third kappa shape index (κ3) is 3.53. The standard InChI is InChI=1S/C18H18N4O2/c19-11-16-13-22(18(24)15-6-7-20-17(23)10-15)9-8-21(16)12-14-4-2-1-3-5-14/h1-7,10,16H,8-9,12-13H2,(H,20,23)/t16-/m1/s1. The van der Waals surface area contributed by atoms with Gasteiger partial charge in [0, 0.05) is 44.0 Å². The number of carbonyl (C=O) groups excluding carboxylic acids is 1. The number of nitriles is 1. The number of nitrogens with one attached hydrogen (secondary N) is 1. The largest absolute Gasteiger partial charge is 0.335 e. The molecule has 24 heavy (non-hydrogen) atoms. The lowest BCUT2D eigenvalue weighted by atomic mass is 10.1. The molecule has 1 saturated heterocycles. The first-order valence-corrected chi connectivity index (χ1v) is 7.83. The van der Waals surface area contributed by atoms with Crippen molar-refractivity contribution in [2.45, 2.75) is 12.6 Å². The Kier molecular flexibility index (Phi) is 4.73. The molecule has 2 aromatic rings. The first-order valence-electron chi connectivity index (χ1n) is 7.83. The van der Waals surface area contributed by atoms with Crippen LogP contribution in [0.15, 0.2) is 53.5 Å². The molecular formula is C18H18N4O2. The summed E-state index contributed by atoms with van der Waals surface area (Å²) in [6, 6.07) is 14.8. The molecule has 1 N–H and O–H groups in total. The lowest BCUT2D eigenvalue weighted by Crippen LogP contribution is -2.53. The number of nitrogens with zero attached hydrogens (tertiary/aromatic N) is 3. The van der Waals surface area contributed by atoms with Crippen LogP contribution in [0.2, 0.25) is 0 Å². The lowest BCUT2D eigenvalue weighted by molar-refractivity contribution is 0.0552. The van der Waals surface area contributed by atoms with Crippen LogP contribution in [0.3, 0.4) is 0 Å². The highest BCUT2D eigenvalue weighted by Crippen LogP contribution is 2.15. The van der Waals surface area contributed by atoms with Gasteiger partial charge in [-0.1, -0.05) is 30.3 Å². The number of H-pyrrole nitrogens is 1. The Morgan fingerprint density at radius 1 is 1.25 bits per heavy atom. The number of aromatic nitrogens is 1. The van der Waals surface area contributed by atoms with E-state index in [4.69, 9.17) is 0 Å². The molecule has 3 rings (SSSR count). The van der Waals surface area contributed by atoms with Crippen molar-refractivity contribution < 1.29 is 4.79 Å². The molecule has 1 aromatic heterocycles. The molecular weight excluding hydrogens is 304 g/mol. The van der Waals surface area contributed by atoms with Gasteiger partial charge in [0.05, 0.1) is 6.07 Å². The third-order valence-electron chi connectivity index (χ3n) is 4.18. The molecule has 0 bridgehead atoms. The van der Waals surface area contributed by atoms with E-state index in [1.165, 1.54) is 12.3 Å². The number of piperazine rings is 1. The average molecular weight is 322 g/mol. The molecule has 1 fully saturated rings. The highest BCUT2D eigenvalue weighted by atomic mass is 16.2. The molecule has 6 nitrogen and oxygen atoms in total. The van der Waals surface area contributed by atoms with Gasteiger partial charge in [-0.25, -0.2) is 0 Å². The number of carbonyl (C=O) groups is 1. The topological polar surface area (TPSA) is 80.2 Å². The molecule has 0 saturated carbocycles. The molecule has 1 aliphatic rings. The normalized spacial score (nSPS) is 18.1. The van der Waals surface area contributed by atoms with E-state index < -0.39 is 0 Å². The monoisotopic (exact) mass is 322 g/mol. The number of hydrogen-bond acceptors (Lipinski definition) is 4. The summed E-state index contributed by atoms with van der Waals surface area (Å²) in [4.78, 5) is 30.1. The van der Waals surface area contributed by atoms with Crippen LogP contribution in [-0.4, -0.2) is 46.4 Å². The second-order valence-corrected chi connectivity index (χ2v) is 5.79. The van der Waals surface area contributed by atoms with Crippen molar-refractivity contribution >= 4 is 5.91 Å². The van der Waals surface area contributed by atoms with Crippen molar-refractivity contribution in [3.63, 3.8) is 0 Å². The first-order chi connectivity index (χ1) is 11.7. The van der Waals surface area contributed by atoms with E-state index in [-0.39, 0.29) is 17.5 Å². The summed E-state index contributed by atoms with van der Waals surface area (Å²) in [5.74, 6) is -0.208. The first kappa shape index (κ1) is 16.0. The van der Waals surface area contributed by atoms with Crippen molar-refractivity contribution in [1.82, 2.24) is 14.8 Å². The van der Waals surface area contributed by atoms with Crippen molar-refractivity contribution in [1.29, 1.82) is 5.26 Å². The third-order valence-corrected chi connectivity index (χ3v) is 4.18. The highest BCUT2D eigenvalue weighted by molar-refractivity contribution is 5.94. The summed E-state index contributed by atoms with van der Waals surface area (Å²) < 4.78 is 0. The second-order valence-electron chi connectivity index (χ2n) is 5.79. The Hall–Kier alpha value is -2.91. The second kappa shape index (κ2) is 7.11. The minimum Gasteiger partial charge on any atom is -0.335 e. The number of rotatable bonds is 3. The quantitative estimate of drug-likeness (QED) is 0.921. The Balaban J connectivity index is 1.70. The zero-order valence-electron chi connectivity index (χ0n) is 13.2. The van der Waals surface area contributed by atoms with E-state index in [1.54, 1.807) is 11.0 Å². The van der Waals surface area contributed by atoms with Gasteiger partial charge in [-0.3, -0.25) is 14.5 Å². The smallest absolute Gasteiger partial charge is 0.254 e. The van der Waals surface area contributed by atoms with Gasteiger partial charge in [-0.15, -0.1) is 0 Å². The molecule has 1 aromatic carbocycles. The van der Waals surface area contributed by atoms with Gasteiger partial charge in [-0.2, -0.15) is 5.26 Å². The maximum atomic E-state index is 12.5. The summed E-state index contributed by atoms with van der Waals surface area (Å²) in [5, 5.41) is 9.47. The maximum absolute atomic E-state index is 12.5. The van der Waals surface area contributed by atoms with Crippen molar-refractivity contribution in [2.24, 2.45) is 0 Å². The fourth-order valence-electron chi connectivity index (χ4n) is 2.89. The van der Waals surface area contributed by atoms with Crippen LogP contribution in [0.5, 0.6) is 0 Å². The van der Waals surface area contributed by atoms with Crippen LogP contribution in [0.25, 0.3) is 0 Å². The molecule has 2 heterocycles. The van der Waals surface area contributed by atoms with Gasteiger partial charge in [0.25, 0.3) is 5.91 Å². The van der Waals surface area contributed by atoms with E-state index >= 15 is 0 Å². The molecule has 0 aliphatic carbocycles. The summed E-state index contributed by atoms with van der Waals surface area (Å²) >= 11 is 0. The summed E-state index contributed by atoms with van der Waals surface area (Å²) in [6.07, 6.45) is 1.46. The zero-order chi connectivity index (χ0) is 16.9. The van der Waals surface area contributed by atoms with Crippen LogP contribution in [0, 0.1) is 11.3 Å². The van der Waals surface area contributed by atoms with E-state index in [0.717, 1.165) is 5.56 Å². The lowest BCUT2D eigenvalue weighted by Gasteiger charge is -2.38. The van der Waals surface area contributed by atoms with Crippen molar-refractivity contribution in [3.05, 3.63) is 70.1 Å². The SMILES string of the molecule is N#C[C@@H]1CN(C(=O)c2cc[nH]c(=O)c2)CCN1Cc1ccccc1. The molecule has 1 amide bonds. The maximum Gasteiger partial charge on any atom is 0.254 e. The van der Waals surface area contributed by atoms with E-state index in [9.17, 15) is 14.9 Å². The molecule has 1 aliphatic heterocycles. The van der Waals surface area contributed by atoms with Gasteiger partial charge in [0.15, 0.2) is 0 Å². The molecule has 0 radical (unpaired) electrons. The predicted molar refractivity (Wildman–Crippen MR) is 89.2 cm³/mol. The van der Waals surface area contributed by atoms with Gasteiger partial charge < -0.3 is 9.88 Å². The van der Waals surface area contributed by atoms with Crippen LogP contribution in [0.4, 0.5) is 0 Å². The number of benzene rings is 1. The molecule has 0 spiro atoms. The summed E-state index contributed by atoms with van der Waals surface area (Å²) in [5.41, 5.74) is 1.19. The van der Waals surface area contributed by atoms with Crippen LogP contribution < -0.4 is 5.56 Å². The van der Waals surface area contributed by atoms with Gasteiger partial charge in [0.2, 0.25) is 5.56 Å². The van der Waals surface area contributed by atoms with Gasteiger partial charge in [0.1, 0.15) is 6.04 Å². The van der Waals surface area contributed by atoms with E-state index in [1.807, 2.05) is 30.3 Å². The predicted octanol–water partition coefficient (Wildman–Crippen LogP) is 1.23.